The smallest absolute Gasteiger partial charge is 0.210 e. The third-order valence-electron chi connectivity index (χ3n) is 1.04. The molecule has 0 radical (unpaired) electrons. The van der Waals surface area contributed by atoms with Crippen LogP contribution in [0.2, 0.25) is 0 Å². The van der Waals surface area contributed by atoms with Crippen LogP contribution >= 0.6 is 0 Å². The van der Waals surface area contributed by atoms with E-state index in [4.69, 9.17) is 5.14 Å². The molecule has 0 aliphatic heterocycles. The summed E-state index contributed by atoms with van der Waals surface area (Å²) in [5.41, 5.74) is -0.0509. The van der Waals surface area contributed by atoms with E-state index in [2.05, 4.69) is 5.32 Å². The molecule has 3 N–H and O–H groups in total. The van der Waals surface area contributed by atoms with Gasteiger partial charge < -0.3 is 5.32 Å². The molecule has 0 aliphatic carbocycles. The highest BCUT2D eigenvalue weighted by Gasteiger charge is 2.09. The molecule has 0 bridgehead atoms. The van der Waals surface area contributed by atoms with Gasteiger partial charge in [0.05, 0.1) is 5.75 Å². The molecular weight excluding hydrogens is 164 g/mol. The Labute approximate surface area is 68.2 Å². The topological polar surface area (TPSA) is 72.2 Å². The second-order valence-electron chi connectivity index (χ2n) is 3.54. The minimum atomic E-state index is -3.31. The Bertz CT molecular complexity index is 203. The van der Waals surface area contributed by atoms with Gasteiger partial charge in [0.25, 0.3) is 0 Å². The predicted octanol–water partition coefficient (Wildman–Crippen LogP) is -0.337. The Morgan fingerprint density at radius 1 is 1.36 bits per heavy atom. The van der Waals surface area contributed by atoms with E-state index in [-0.39, 0.29) is 11.3 Å². The highest BCUT2D eigenvalue weighted by atomic mass is 32.2. The Balaban J connectivity index is 3.61. The van der Waals surface area contributed by atoms with Crippen molar-refractivity contribution in [3.8, 4) is 0 Å². The van der Waals surface area contributed by atoms with Crippen molar-refractivity contribution in [2.24, 2.45) is 5.14 Å². The van der Waals surface area contributed by atoms with E-state index in [1.54, 1.807) is 0 Å². The minimum absolute atomic E-state index is 0.00965. The number of hydrogen-bond donors (Lipinski definition) is 2. The summed E-state index contributed by atoms with van der Waals surface area (Å²) >= 11 is 0. The van der Waals surface area contributed by atoms with Gasteiger partial charge in [-0.05, 0) is 20.8 Å². The maximum absolute atomic E-state index is 10.5. The van der Waals surface area contributed by atoms with Crippen LogP contribution in [0.4, 0.5) is 0 Å². The number of hydrogen-bond acceptors (Lipinski definition) is 3. The normalized spacial score (nSPS) is 13.5. The van der Waals surface area contributed by atoms with Crippen LogP contribution in [0, 0.1) is 0 Å². The third kappa shape index (κ3) is 9.87. The Morgan fingerprint density at radius 3 is 2.09 bits per heavy atom. The molecule has 0 saturated heterocycles. The Hall–Kier alpha value is -0.130. The van der Waals surface area contributed by atoms with Gasteiger partial charge in [-0.15, -0.1) is 0 Å². The fraction of sp³-hybridized carbons (Fsp3) is 1.00. The molecule has 0 aromatic rings. The molecule has 0 rings (SSSR count). The van der Waals surface area contributed by atoms with Gasteiger partial charge in [0.2, 0.25) is 10.0 Å². The lowest BCUT2D eigenvalue weighted by Gasteiger charge is -2.19. The van der Waals surface area contributed by atoms with Crippen LogP contribution in [-0.2, 0) is 10.0 Å². The molecular formula is C6H16N2O2S. The first-order valence-electron chi connectivity index (χ1n) is 3.46. The van der Waals surface area contributed by atoms with Crippen LogP contribution in [0.15, 0.2) is 0 Å². The van der Waals surface area contributed by atoms with Crippen molar-refractivity contribution in [2.75, 3.05) is 12.3 Å². The van der Waals surface area contributed by atoms with E-state index in [0.29, 0.717) is 6.54 Å². The third-order valence-corrected chi connectivity index (χ3v) is 1.82. The lowest BCUT2D eigenvalue weighted by Crippen LogP contribution is -2.39. The van der Waals surface area contributed by atoms with E-state index >= 15 is 0 Å². The zero-order valence-electron chi connectivity index (χ0n) is 7.22. The van der Waals surface area contributed by atoms with Crippen LogP contribution in [0.5, 0.6) is 0 Å². The van der Waals surface area contributed by atoms with Crippen molar-refractivity contribution >= 4 is 10.0 Å². The fourth-order valence-electron chi connectivity index (χ4n) is 0.568. The Kier molecular flexibility index (Phi) is 3.47. The van der Waals surface area contributed by atoms with Crippen LogP contribution < -0.4 is 10.5 Å². The highest BCUT2D eigenvalue weighted by Crippen LogP contribution is 1.96. The highest BCUT2D eigenvalue weighted by molar-refractivity contribution is 7.89. The summed E-state index contributed by atoms with van der Waals surface area (Å²) in [5, 5.41) is 7.82. The van der Waals surface area contributed by atoms with Crippen molar-refractivity contribution in [1.82, 2.24) is 5.32 Å². The van der Waals surface area contributed by atoms with E-state index < -0.39 is 10.0 Å². The zero-order chi connectivity index (χ0) is 9.12. The number of sulfonamides is 1. The molecule has 0 unspecified atom stereocenters. The number of nitrogens with one attached hydrogen (secondary N) is 1. The summed E-state index contributed by atoms with van der Waals surface area (Å²) < 4.78 is 20.9. The molecule has 68 valence electrons. The second kappa shape index (κ2) is 3.51. The van der Waals surface area contributed by atoms with Gasteiger partial charge in [-0.2, -0.15) is 0 Å². The van der Waals surface area contributed by atoms with E-state index in [9.17, 15) is 8.42 Å². The number of primary sulfonamides is 1. The monoisotopic (exact) mass is 180 g/mol. The van der Waals surface area contributed by atoms with E-state index in [1.165, 1.54) is 0 Å². The molecule has 0 aliphatic rings. The fourth-order valence-corrected chi connectivity index (χ4v) is 0.955. The molecule has 0 heterocycles. The molecule has 11 heavy (non-hydrogen) atoms. The van der Waals surface area contributed by atoms with Crippen LogP contribution in [0.1, 0.15) is 20.8 Å². The maximum atomic E-state index is 10.5. The van der Waals surface area contributed by atoms with E-state index in [0.717, 1.165) is 0 Å². The summed E-state index contributed by atoms with van der Waals surface area (Å²) in [7, 11) is -3.31. The summed E-state index contributed by atoms with van der Waals surface area (Å²) in [6, 6.07) is 0. The van der Waals surface area contributed by atoms with Crippen molar-refractivity contribution in [1.29, 1.82) is 0 Å². The summed E-state index contributed by atoms with van der Waals surface area (Å²) in [5.74, 6) is -0.00965. The standard InChI is InChI=1S/C6H16N2O2S/c1-6(2,3)8-4-5-11(7,9)10/h8H,4-5H2,1-3H3,(H2,7,9,10). The van der Waals surface area contributed by atoms with E-state index in [1.807, 2.05) is 20.8 Å². The van der Waals surface area contributed by atoms with Crippen molar-refractivity contribution in [3.05, 3.63) is 0 Å². The lowest BCUT2D eigenvalue weighted by molar-refractivity contribution is 0.439. The molecule has 0 aromatic heterocycles. The maximum Gasteiger partial charge on any atom is 0.210 e. The first-order valence-corrected chi connectivity index (χ1v) is 5.18. The van der Waals surface area contributed by atoms with Crippen LogP contribution in [0.3, 0.4) is 0 Å². The van der Waals surface area contributed by atoms with Crippen molar-refractivity contribution < 1.29 is 8.42 Å². The molecule has 4 nitrogen and oxygen atoms in total. The quantitative estimate of drug-likeness (QED) is 0.624. The average molecular weight is 180 g/mol. The summed E-state index contributed by atoms with van der Waals surface area (Å²) in [6.45, 7) is 6.31. The predicted molar refractivity (Wildman–Crippen MR) is 45.7 cm³/mol. The largest absolute Gasteiger partial charge is 0.311 e. The van der Waals surface area contributed by atoms with Gasteiger partial charge >= 0.3 is 0 Å². The molecule has 0 spiro atoms. The minimum Gasteiger partial charge on any atom is -0.311 e. The van der Waals surface area contributed by atoms with Gasteiger partial charge in [0.15, 0.2) is 0 Å². The van der Waals surface area contributed by atoms with Gasteiger partial charge in [0, 0.05) is 12.1 Å². The van der Waals surface area contributed by atoms with Crippen molar-refractivity contribution in [2.45, 2.75) is 26.3 Å². The summed E-state index contributed by atoms with van der Waals surface area (Å²) in [4.78, 5) is 0. The van der Waals surface area contributed by atoms with Crippen LogP contribution in [0.25, 0.3) is 0 Å². The van der Waals surface area contributed by atoms with Gasteiger partial charge in [-0.3, -0.25) is 0 Å². The second-order valence-corrected chi connectivity index (χ2v) is 5.28. The first kappa shape index (κ1) is 10.9. The first-order chi connectivity index (χ1) is 4.71. The lowest BCUT2D eigenvalue weighted by atomic mass is 10.1. The molecule has 0 atom stereocenters. The molecule has 0 amide bonds. The van der Waals surface area contributed by atoms with Crippen LogP contribution in [-0.4, -0.2) is 26.3 Å². The molecule has 0 aromatic carbocycles. The molecule has 0 fully saturated rings. The zero-order valence-corrected chi connectivity index (χ0v) is 8.03. The van der Waals surface area contributed by atoms with Crippen molar-refractivity contribution in [3.63, 3.8) is 0 Å². The molecule has 5 heteroatoms. The number of rotatable bonds is 3. The Morgan fingerprint density at radius 2 is 1.82 bits per heavy atom. The summed E-state index contributed by atoms with van der Waals surface area (Å²) in [6.07, 6.45) is 0. The number of nitrogens with two attached hydrogens (primary N) is 1. The SMILES string of the molecule is CC(C)(C)NCCS(N)(=O)=O. The van der Waals surface area contributed by atoms with Gasteiger partial charge in [-0.25, -0.2) is 13.6 Å². The molecule has 0 saturated carbocycles. The van der Waals surface area contributed by atoms with Gasteiger partial charge in [-0.1, -0.05) is 0 Å². The average Bonchev–Trinajstić information content (AvgIpc) is 1.55. The van der Waals surface area contributed by atoms with Gasteiger partial charge in [0.1, 0.15) is 0 Å².